The van der Waals surface area contributed by atoms with Gasteiger partial charge in [0.1, 0.15) is 4.34 Å². The monoisotopic (exact) mass is 370 g/mol. The van der Waals surface area contributed by atoms with Crippen LogP contribution in [0.4, 0.5) is 5.13 Å². The zero-order chi connectivity index (χ0) is 15.3. The minimum Gasteiger partial charge on any atom is -0.302 e. The average molecular weight is 371 g/mol. The molecule has 2 aromatic rings. The molecule has 1 saturated carbocycles. The summed E-state index contributed by atoms with van der Waals surface area (Å²) >= 11 is 14.8. The van der Waals surface area contributed by atoms with E-state index in [2.05, 4.69) is 22.5 Å². The van der Waals surface area contributed by atoms with Crippen LogP contribution in [0.1, 0.15) is 12.8 Å². The lowest BCUT2D eigenvalue weighted by Crippen LogP contribution is -2.25. The van der Waals surface area contributed by atoms with Crippen LogP contribution in [0.3, 0.4) is 0 Å². The molecule has 1 fully saturated rings. The van der Waals surface area contributed by atoms with Crippen LogP contribution in [0.25, 0.3) is 11.3 Å². The van der Waals surface area contributed by atoms with Crippen LogP contribution >= 0.6 is 45.9 Å². The highest BCUT2D eigenvalue weighted by Crippen LogP contribution is 2.44. The van der Waals surface area contributed by atoms with E-state index in [0.717, 1.165) is 24.1 Å². The number of fused-ring (bicyclic) bond motifs is 2. The molecule has 0 saturated heterocycles. The number of carbonyl (C=O) groups is 1. The van der Waals surface area contributed by atoms with Gasteiger partial charge in [-0.1, -0.05) is 35.4 Å². The number of carbonyl (C=O) groups excluding carboxylic acids is 1. The van der Waals surface area contributed by atoms with E-state index in [0.29, 0.717) is 25.6 Å². The van der Waals surface area contributed by atoms with Crippen LogP contribution in [0, 0.1) is 17.8 Å². The lowest BCUT2D eigenvalue weighted by Gasteiger charge is -2.16. The largest absolute Gasteiger partial charge is 0.302 e. The van der Waals surface area contributed by atoms with Crippen molar-refractivity contribution in [1.82, 2.24) is 4.98 Å². The van der Waals surface area contributed by atoms with Crippen LogP contribution in [0.2, 0.25) is 8.67 Å². The Hall–Kier alpha value is -0.880. The van der Waals surface area contributed by atoms with Gasteiger partial charge in [-0.25, -0.2) is 4.98 Å². The van der Waals surface area contributed by atoms with Gasteiger partial charge >= 0.3 is 0 Å². The Bertz CT molecular complexity index is 767. The van der Waals surface area contributed by atoms with E-state index in [4.69, 9.17) is 23.2 Å². The maximum Gasteiger partial charge on any atom is 0.229 e. The van der Waals surface area contributed by atoms with Crippen LogP contribution in [0.5, 0.6) is 0 Å². The van der Waals surface area contributed by atoms with Crippen molar-refractivity contribution in [2.45, 2.75) is 12.8 Å². The van der Waals surface area contributed by atoms with Crippen molar-refractivity contribution in [3.05, 3.63) is 32.3 Å². The Kier molecular flexibility index (Phi) is 3.77. The third-order valence-corrected chi connectivity index (χ3v) is 6.53. The molecule has 0 aliphatic heterocycles. The topological polar surface area (TPSA) is 42.0 Å². The Balaban J connectivity index is 1.49. The summed E-state index contributed by atoms with van der Waals surface area (Å²) in [6.45, 7) is 0. The number of nitrogens with zero attached hydrogens (tertiary/aromatic N) is 1. The average Bonchev–Trinajstić information content (AvgIpc) is 3.23. The molecule has 4 rings (SSSR count). The number of aromatic nitrogens is 1. The van der Waals surface area contributed by atoms with Crippen molar-refractivity contribution < 1.29 is 4.79 Å². The molecule has 3 nitrogen and oxygen atoms in total. The maximum atomic E-state index is 12.4. The van der Waals surface area contributed by atoms with E-state index in [-0.39, 0.29) is 11.8 Å². The smallest absolute Gasteiger partial charge is 0.229 e. The fourth-order valence-corrected chi connectivity index (χ4v) is 5.44. The number of amides is 1. The summed E-state index contributed by atoms with van der Waals surface area (Å²) in [5, 5.41) is 5.45. The lowest BCUT2D eigenvalue weighted by molar-refractivity contribution is -0.120. The van der Waals surface area contributed by atoms with Crippen molar-refractivity contribution in [3.63, 3.8) is 0 Å². The van der Waals surface area contributed by atoms with Gasteiger partial charge in [0.15, 0.2) is 5.13 Å². The van der Waals surface area contributed by atoms with Gasteiger partial charge in [0.25, 0.3) is 0 Å². The second-order valence-corrected chi connectivity index (χ2v) is 8.80. The zero-order valence-electron chi connectivity index (χ0n) is 11.4. The van der Waals surface area contributed by atoms with Gasteiger partial charge in [-0.2, -0.15) is 0 Å². The molecular formula is C15H12Cl2N2OS2. The fourth-order valence-electron chi connectivity index (χ4n) is 3.25. The van der Waals surface area contributed by atoms with Gasteiger partial charge in [-0.15, -0.1) is 22.7 Å². The molecule has 2 aliphatic rings. The summed E-state index contributed by atoms with van der Waals surface area (Å²) in [6, 6.07) is 1.80. The third-order valence-electron chi connectivity index (χ3n) is 4.28. The standard InChI is InChI=1S/C15H12Cl2N2OS2/c16-12-5-10(13(17)22-12)11-6-21-15(18-11)19-14(20)9-4-7-1-2-8(9)3-7/h1-2,5-9H,3-4H2,(H,18,19,20)/t7-,8-,9+/m0/s1. The van der Waals surface area contributed by atoms with E-state index in [1.165, 1.54) is 22.7 Å². The number of hydrogen-bond acceptors (Lipinski definition) is 4. The highest BCUT2D eigenvalue weighted by atomic mass is 35.5. The first kappa shape index (κ1) is 14.7. The summed E-state index contributed by atoms with van der Waals surface area (Å²) in [5.41, 5.74) is 1.57. The number of thiazole rings is 1. The molecule has 0 radical (unpaired) electrons. The van der Waals surface area contributed by atoms with Crippen molar-refractivity contribution in [2.24, 2.45) is 17.8 Å². The third kappa shape index (κ3) is 2.60. The minimum atomic E-state index is 0.0761. The molecule has 3 atom stereocenters. The predicted octanol–water partition coefficient (Wildman–Crippen LogP) is 5.33. The van der Waals surface area contributed by atoms with Gasteiger partial charge in [-0.3, -0.25) is 4.79 Å². The molecular weight excluding hydrogens is 359 g/mol. The molecule has 22 heavy (non-hydrogen) atoms. The molecule has 2 bridgehead atoms. The fraction of sp³-hybridized carbons (Fsp3) is 0.333. The number of allylic oxidation sites excluding steroid dienone is 2. The van der Waals surface area contributed by atoms with Gasteiger partial charge in [-0.05, 0) is 30.7 Å². The number of halogens is 2. The number of nitrogens with one attached hydrogen (secondary N) is 1. The van der Waals surface area contributed by atoms with E-state index >= 15 is 0 Å². The van der Waals surface area contributed by atoms with Crippen molar-refractivity contribution in [3.8, 4) is 11.3 Å². The Morgan fingerprint density at radius 1 is 1.32 bits per heavy atom. The van der Waals surface area contributed by atoms with Gasteiger partial charge < -0.3 is 5.32 Å². The van der Waals surface area contributed by atoms with Crippen LogP contribution < -0.4 is 5.32 Å². The zero-order valence-corrected chi connectivity index (χ0v) is 14.5. The van der Waals surface area contributed by atoms with Crippen LogP contribution in [0.15, 0.2) is 23.6 Å². The molecule has 0 unspecified atom stereocenters. The number of rotatable bonds is 3. The molecule has 2 heterocycles. The number of hydrogen-bond donors (Lipinski definition) is 1. The first-order valence-electron chi connectivity index (χ1n) is 7.00. The minimum absolute atomic E-state index is 0.0761. The molecule has 1 amide bonds. The first-order chi connectivity index (χ1) is 10.6. The summed E-state index contributed by atoms with van der Waals surface area (Å²) in [4.78, 5) is 16.9. The van der Waals surface area contributed by atoms with Crippen molar-refractivity contribution in [1.29, 1.82) is 0 Å². The van der Waals surface area contributed by atoms with E-state index in [1.807, 2.05) is 5.38 Å². The molecule has 1 N–H and O–H groups in total. The Morgan fingerprint density at radius 3 is 2.82 bits per heavy atom. The van der Waals surface area contributed by atoms with Crippen LogP contribution in [-0.2, 0) is 4.79 Å². The SMILES string of the molecule is O=C(Nc1nc(-c2cc(Cl)sc2Cl)cs1)[C@@H]1C[C@H]2C=C[C@H]1C2. The highest BCUT2D eigenvalue weighted by Gasteiger charge is 2.39. The first-order valence-corrected chi connectivity index (χ1v) is 9.45. The highest BCUT2D eigenvalue weighted by molar-refractivity contribution is 7.20. The number of thiophene rings is 1. The quantitative estimate of drug-likeness (QED) is 0.741. The van der Waals surface area contributed by atoms with Gasteiger partial charge in [0, 0.05) is 16.9 Å². The van der Waals surface area contributed by atoms with Gasteiger partial charge in [0.05, 0.1) is 10.0 Å². The van der Waals surface area contributed by atoms with Crippen LogP contribution in [-0.4, -0.2) is 10.9 Å². The van der Waals surface area contributed by atoms with E-state index in [9.17, 15) is 4.79 Å². The Labute approximate surface area is 146 Å². The lowest BCUT2D eigenvalue weighted by atomic mass is 9.93. The molecule has 0 aromatic carbocycles. The van der Waals surface area contributed by atoms with Crippen molar-refractivity contribution in [2.75, 3.05) is 5.32 Å². The molecule has 7 heteroatoms. The second-order valence-electron chi connectivity index (χ2n) is 5.65. The molecule has 2 aliphatic carbocycles. The second kappa shape index (κ2) is 5.64. The summed E-state index contributed by atoms with van der Waals surface area (Å²) in [6.07, 6.45) is 6.48. The molecule has 114 valence electrons. The Morgan fingerprint density at radius 2 is 2.18 bits per heavy atom. The maximum absolute atomic E-state index is 12.4. The summed E-state index contributed by atoms with van der Waals surface area (Å²) in [5.74, 6) is 1.14. The normalized spacial score (nSPS) is 25.8. The molecule has 0 spiro atoms. The number of anilines is 1. The predicted molar refractivity (Wildman–Crippen MR) is 92.9 cm³/mol. The van der Waals surface area contributed by atoms with Gasteiger partial charge in [0.2, 0.25) is 5.91 Å². The summed E-state index contributed by atoms with van der Waals surface area (Å²) in [7, 11) is 0. The van der Waals surface area contributed by atoms with E-state index < -0.39 is 0 Å². The summed E-state index contributed by atoms with van der Waals surface area (Å²) < 4.78 is 1.25. The molecule has 2 aromatic heterocycles. The van der Waals surface area contributed by atoms with Crippen molar-refractivity contribution >= 4 is 56.9 Å². The van der Waals surface area contributed by atoms with E-state index in [1.54, 1.807) is 6.07 Å².